The molecular formula is C85H81N7O17. The number of hydrogen-bond acceptors (Lipinski definition) is 16. The van der Waals surface area contributed by atoms with E-state index < -0.39 is 53.4 Å². The molecule has 0 saturated heterocycles. The second-order valence-corrected chi connectivity index (χ2v) is 23.4. The first-order valence-corrected chi connectivity index (χ1v) is 33.4. The van der Waals surface area contributed by atoms with Crippen molar-refractivity contribution in [2.45, 2.75) is 41.5 Å². The minimum Gasteiger partial charge on any atom is -0.496 e. The molecule has 24 heteroatoms. The van der Waals surface area contributed by atoms with Gasteiger partial charge in [-0.2, -0.15) is 0 Å². The lowest BCUT2D eigenvalue weighted by molar-refractivity contribution is -0.137. The molecule has 0 aliphatic heterocycles. The number of aromatic carboxylic acids is 6. The maximum atomic E-state index is 12.0. The first kappa shape index (κ1) is 83.4. The highest BCUT2D eigenvalue weighted by Gasteiger charge is 2.19. The maximum absolute atomic E-state index is 12.0. The van der Waals surface area contributed by atoms with E-state index in [9.17, 15) is 43.2 Å². The zero-order valence-corrected chi connectivity index (χ0v) is 60.4. The van der Waals surface area contributed by atoms with Gasteiger partial charge < -0.3 is 72.0 Å². The average Bonchev–Trinajstić information content (AvgIpc) is 0.879. The Labute approximate surface area is 629 Å². The Balaban J connectivity index is 0.000000205. The van der Waals surface area contributed by atoms with Gasteiger partial charge in [-0.15, -0.1) is 0 Å². The van der Waals surface area contributed by atoms with Crippen molar-refractivity contribution in [2.24, 2.45) is 0 Å². The molecule has 109 heavy (non-hydrogen) atoms. The van der Waals surface area contributed by atoms with Gasteiger partial charge in [0.15, 0.2) is 0 Å². The fourth-order valence-electron chi connectivity index (χ4n) is 9.76. The van der Waals surface area contributed by atoms with Crippen LogP contribution in [0.2, 0.25) is 0 Å². The number of rotatable bonds is 23. The van der Waals surface area contributed by atoms with E-state index in [1.165, 1.54) is 42.0 Å². The van der Waals surface area contributed by atoms with Gasteiger partial charge in [0.1, 0.15) is 23.7 Å². The highest BCUT2D eigenvalue weighted by atomic mass is 16.5. The largest absolute Gasteiger partial charge is 0.496 e. The number of carboxylic acid groups (broad SMARTS) is 6. The fourth-order valence-corrected chi connectivity index (χ4v) is 9.76. The Bertz CT molecular complexity index is 4920. The zero-order valence-electron chi connectivity index (χ0n) is 60.4. The number of pyridine rings is 1. The summed E-state index contributed by atoms with van der Waals surface area (Å²) in [5.74, 6) is -7.01. The SMILES string of the molecule is CCOCC(=O)C(=O)Nc1ccccc1C(=O)O.COc1cc(/C=C/C(=O)Nc2ccccc2C(=O)O)ccc1C.Cc1cccc(Nc2ccccc2C(=O)O)c1.Cc1cccc(Nc2ccccc2C(=O)O)c1C.Cc1cccc(Nc2ncccc2C(=O)O)c1.O=C(O)c1ccccc1Nc1ccccc1. The minimum atomic E-state index is -1.18. The molecule has 12 N–H and O–H groups in total. The number of anilines is 10. The molecule has 0 unspecified atom stereocenters. The summed E-state index contributed by atoms with van der Waals surface area (Å²) in [7, 11) is 1.59. The Hall–Kier alpha value is -14.5. The first-order valence-electron chi connectivity index (χ1n) is 33.4. The minimum absolute atomic E-state index is 0.0475. The van der Waals surface area contributed by atoms with Crippen molar-refractivity contribution >= 4 is 116 Å². The number of carbonyl (C=O) groups excluding carboxylic acids is 3. The molecule has 10 aromatic carbocycles. The van der Waals surface area contributed by atoms with Gasteiger partial charge >= 0.3 is 35.8 Å². The van der Waals surface area contributed by atoms with Gasteiger partial charge in [0.05, 0.1) is 63.4 Å². The van der Waals surface area contributed by atoms with Gasteiger partial charge in [-0.25, -0.2) is 33.8 Å². The van der Waals surface area contributed by atoms with Crippen LogP contribution in [0.1, 0.15) is 102 Å². The van der Waals surface area contributed by atoms with Crippen LogP contribution in [0.5, 0.6) is 5.75 Å². The summed E-state index contributed by atoms with van der Waals surface area (Å²) in [6.07, 6.45) is 4.55. The van der Waals surface area contributed by atoms with Crippen molar-refractivity contribution < 1.29 is 83.3 Å². The van der Waals surface area contributed by atoms with Crippen molar-refractivity contribution in [3.8, 4) is 5.75 Å². The zero-order chi connectivity index (χ0) is 79.4. The summed E-state index contributed by atoms with van der Waals surface area (Å²) in [5.41, 5.74) is 13.0. The van der Waals surface area contributed by atoms with E-state index in [-0.39, 0.29) is 51.4 Å². The number of ether oxygens (including phenoxy) is 2. The molecule has 0 spiro atoms. The van der Waals surface area contributed by atoms with Gasteiger partial charge in [0.2, 0.25) is 11.7 Å². The van der Waals surface area contributed by atoms with E-state index in [2.05, 4.69) is 36.9 Å². The van der Waals surface area contributed by atoms with E-state index in [0.717, 1.165) is 56.3 Å². The van der Waals surface area contributed by atoms with Crippen LogP contribution in [0.4, 0.5) is 57.0 Å². The Morgan fingerprint density at radius 1 is 0.385 bits per heavy atom. The Morgan fingerprint density at radius 2 is 0.789 bits per heavy atom. The number of aryl methyl sites for hydroxylation is 4. The number of para-hydroxylation sites is 6. The summed E-state index contributed by atoms with van der Waals surface area (Å²) < 4.78 is 10.0. The summed E-state index contributed by atoms with van der Waals surface area (Å²) in [6.45, 7) is 11.6. The number of methoxy groups -OCH3 is 1. The van der Waals surface area contributed by atoms with Crippen LogP contribution in [0.25, 0.3) is 6.08 Å². The monoisotopic (exact) mass is 1470 g/mol. The van der Waals surface area contributed by atoms with Crippen LogP contribution in [0.3, 0.4) is 0 Å². The van der Waals surface area contributed by atoms with Gasteiger partial charge in [-0.05, 0) is 202 Å². The number of nitrogens with zero attached hydrogens (tertiary/aromatic N) is 1. The number of ketones is 1. The molecule has 0 radical (unpaired) electrons. The maximum Gasteiger partial charge on any atom is 0.339 e. The predicted molar refractivity (Wildman–Crippen MR) is 422 cm³/mol. The van der Waals surface area contributed by atoms with E-state index in [0.29, 0.717) is 29.5 Å². The summed E-state index contributed by atoms with van der Waals surface area (Å²) in [6, 6.07) is 72.3. The molecule has 2 amide bonds. The second kappa shape index (κ2) is 42.9. The third-order valence-electron chi connectivity index (χ3n) is 15.4. The molecule has 0 aliphatic carbocycles. The number of nitrogens with one attached hydrogen (secondary N) is 6. The van der Waals surface area contributed by atoms with Gasteiger partial charge in [0.25, 0.3) is 5.91 Å². The van der Waals surface area contributed by atoms with Crippen LogP contribution in [0, 0.1) is 34.6 Å². The van der Waals surface area contributed by atoms with Crippen LogP contribution < -0.4 is 36.6 Å². The number of aromatic nitrogens is 1. The number of hydrogen-bond donors (Lipinski definition) is 12. The van der Waals surface area contributed by atoms with Gasteiger partial charge in [-0.1, -0.05) is 127 Å². The standard InChI is InChI=1S/C18H17NO4.C15H15NO2.C14H13NO2.C13H12N2O2.C13H11NO2.C12H13NO5/c1-12-7-8-13(11-16(12)23-2)9-10-17(20)19-15-6-4-3-5-14(15)18(21)22;1-10-6-5-9-13(11(10)2)16-14-8-4-3-7-12(14)15(17)18;1-10-5-4-6-11(9-10)15-13-8-3-2-7-12(13)14(16)17;1-9-4-2-5-10(8-9)15-12-11(13(16)17)6-3-7-14-12;15-13(16)11-8-4-5-9-12(11)14-10-6-2-1-3-7-10;1-2-18-7-10(14)11(15)13-9-6-4-3-5-8(9)12(16)17/h3-11H,1-2H3,(H,19,20)(H,21,22);3-9,16H,1-2H3,(H,17,18);2-9,15H,1H3,(H,16,17);2-8H,1H3,(H,14,15)(H,16,17);1-9,14H,(H,15,16);3-6H,2,7H2,1H3,(H,13,15)(H,16,17)/b10-9+;;;;;. The number of benzene rings is 10. The van der Waals surface area contributed by atoms with Gasteiger partial charge in [-0.3, -0.25) is 14.4 Å². The second-order valence-electron chi connectivity index (χ2n) is 23.4. The molecule has 24 nitrogen and oxygen atoms in total. The summed E-state index contributed by atoms with van der Waals surface area (Å²) in [4.78, 5) is 105. The molecule has 11 rings (SSSR count). The molecule has 11 aromatic rings. The molecule has 1 heterocycles. The predicted octanol–water partition coefficient (Wildman–Crippen LogP) is 17.4. The topological polar surface area (TPSA) is 379 Å². The molecule has 0 atom stereocenters. The van der Waals surface area contributed by atoms with Crippen molar-refractivity contribution in [1.82, 2.24) is 4.98 Å². The molecule has 0 fully saturated rings. The Kier molecular flexibility index (Phi) is 32.9. The fraction of sp³-hybridized carbons (Fsp3) is 0.106. The lowest BCUT2D eigenvalue weighted by Crippen LogP contribution is -2.27. The van der Waals surface area contributed by atoms with Crippen molar-refractivity contribution in [2.75, 3.05) is 52.2 Å². The Morgan fingerprint density at radius 3 is 1.27 bits per heavy atom. The molecule has 0 aliphatic rings. The van der Waals surface area contributed by atoms with Crippen molar-refractivity contribution in [3.05, 3.63) is 328 Å². The lowest BCUT2D eigenvalue weighted by atomic mass is 10.1. The molecule has 1 aromatic heterocycles. The number of carboxylic acids is 6. The van der Waals surface area contributed by atoms with E-state index in [4.69, 9.17) is 40.1 Å². The van der Waals surface area contributed by atoms with E-state index >= 15 is 0 Å². The molecule has 0 bridgehead atoms. The number of Topliss-reactive ketones (excluding diaryl/α,β-unsaturated/α-hetero) is 1. The highest BCUT2D eigenvalue weighted by Crippen LogP contribution is 2.28. The van der Waals surface area contributed by atoms with Crippen LogP contribution in [-0.2, 0) is 19.1 Å². The molecule has 558 valence electrons. The lowest BCUT2D eigenvalue weighted by Gasteiger charge is -2.13. The summed E-state index contributed by atoms with van der Waals surface area (Å²) >= 11 is 0. The summed E-state index contributed by atoms with van der Waals surface area (Å²) in [5, 5.41) is 71.4. The van der Waals surface area contributed by atoms with Crippen LogP contribution in [0.15, 0.2) is 261 Å². The normalized spacial score (nSPS) is 10.0. The van der Waals surface area contributed by atoms with Crippen molar-refractivity contribution in [1.29, 1.82) is 0 Å². The quantitative estimate of drug-likeness (QED) is 0.0209. The van der Waals surface area contributed by atoms with E-state index in [1.54, 1.807) is 117 Å². The first-order chi connectivity index (χ1) is 52.3. The average molecular weight is 1470 g/mol. The van der Waals surface area contributed by atoms with Crippen molar-refractivity contribution in [3.63, 3.8) is 0 Å². The van der Waals surface area contributed by atoms with Gasteiger partial charge in [0, 0.05) is 41.6 Å². The molecular weight excluding hydrogens is 1390 g/mol. The van der Waals surface area contributed by atoms with Crippen LogP contribution >= 0.6 is 0 Å². The smallest absolute Gasteiger partial charge is 0.339 e. The van der Waals surface area contributed by atoms with E-state index in [1.807, 2.05) is 162 Å². The third-order valence-corrected chi connectivity index (χ3v) is 15.4. The number of carbonyl (C=O) groups is 9. The van der Waals surface area contributed by atoms with Crippen LogP contribution in [-0.4, -0.2) is 109 Å². The highest BCUT2D eigenvalue weighted by molar-refractivity contribution is 6.41. The molecule has 0 saturated carbocycles. The number of amides is 2. The third kappa shape index (κ3) is 27.2.